The van der Waals surface area contributed by atoms with Gasteiger partial charge in [0.2, 0.25) is 11.8 Å². The summed E-state index contributed by atoms with van der Waals surface area (Å²) >= 11 is 0. The molecule has 2 aromatic rings. The number of hydrogen-bond donors (Lipinski definition) is 1. The lowest BCUT2D eigenvalue weighted by atomic mass is 10.2. The van der Waals surface area contributed by atoms with E-state index in [0.717, 1.165) is 5.56 Å². The molecule has 1 aromatic carbocycles. The van der Waals surface area contributed by atoms with Crippen molar-refractivity contribution >= 4 is 5.91 Å². The Morgan fingerprint density at radius 1 is 1.27 bits per heavy atom. The molecule has 0 saturated heterocycles. The number of rotatable bonds is 8. The van der Waals surface area contributed by atoms with E-state index < -0.39 is 0 Å². The fourth-order valence-corrected chi connectivity index (χ4v) is 1.89. The number of aromatic nitrogens is 2. The summed E-state index contributed by atoms with van der Waals surface area (Å²) in [6.07, 6.45) is 0.679. The first kappa shape index (κ1) is 16.0. The average Bonchev–Trinajstić information content (AvgIpc) is 3.02. The van der Waals surface area contributed by atoms with Gasteiger partial charge in [-0.05, 0) is 12.1 Å². The number of aryl methyl sites for hydroxylation is 1. The normalized spacial score (nSPS) is 10.5. The smallest absolute Gasteiger partial charge is 0.251 e. The molecule has 0 fully saturated rings. The Morgan fingerprint density at radius 3 is 2.86 bits per heavy atom. The molecule has 1 heterocycles. The van der Waals surface area contributed by atoms with Crippen molar-refractivity contribution in [2.45, 2.75) is 12.8 Å². The van der Waals surface area contributed by atoms with E-state index >= 15 is 0 Å². The van der Waals surface area contributed by atoms with E-state index in [2.05, 4.69) is 15.5 Å². The third kappa shape index (κ3) is 4.29. The van der Waals surface area contributed by atoms with Crippen LogP contribution in [0, 0.1) is 0 Å². The molecule has 0 aliphatic heterocycles. The van der Waals surface area contributed by atoms with E-state index in [4.69, 9.17) is 13.9 Å². The lowest BCUT2D eigenvalue weighted by Crippen LogP contribution is -2.27. The van der Waals surface area contributed by atoms with Crippen LogP contribution in [0.4, 0.5) is 0 Å². The number of hydrogen-bond acceptors (Lipinski definition) is 6. The van der Waals surface area contributed by atoms with Crippen molar-refractivity contribution in [3.63, 3.8) is 0 Å². The van der Waals surface area contributed by atoms with Crippen LogP contribution >= 0.6 is 0 Å². The molecule has 118 valence electrons. The summed E-state index contributed by atoms with van der Waals surface area (Å²) in [4.78, 5) is 11.6. The highest BCUT2D eigenvalue weighted by Crippen LogP contribution is 2.28. The number of benzene rings is 1. The minimum Gasteiger partial charge on any atom is -0.496 e. The second-order valence-corrected chi connectivity index (χ2v) is 4.54. The number of methoxy groups -OCH3 is 2. The fourth-order valence-electron chi connectivity index (χ4n) is 1.89. The number of para-hydroxylation sites is 1. The molecule has 1 N–H and O–H groups in total. The molecule has 7 nitrogen and oxygen atoms in total. The second kappa shape index (κ2) is 8.14. The standard InChI is InChI=1S/C15H19N3O4/c1-20-10-9-16-13(19)7-8-14-17-18-15(22-14)11-5-3-4-6-12(11)21-2/h3-6H,7-10H2,1-2H3,(H,16,19). The average molecular weight is 305 g/mol. The topological polar surface area (TPSA) is 86.5 Å². The first-order chi connectivity index (χ1) is 10.7. The van der Waals surface area contributed by atoms with Gasteiger partial charge in [0.05, 0.1) is 19.3 Å². The monoisotopic (exact) mass is 305 g/mol. The molecule has 7 heteroatoms. The molecule has 0 radical (unpaired) electrons. The van der Waals surface area contributed by atoms with Gasteiger partial charge in [-0.2, -0.15) is 0 Å². The molecular weight excluding hydrogens is 286 g/mol. The van der Waals surface area contributed by atoms with Crippen molar-refractivity contribution in [1.82, 2.24) is 15.5 Å². The van der Waals surface area contributed by atoms with Gasteiger partial charge >= 0.3 is 0 Å². The zero-order valence-electron chi connectivity index (χ0n) is 12.7. The van der Waals surface area contributed by atoms with E-state index in [0.29, 0.717) is 37.1 Å². The van der Waals surface area contributed by atoms with Crippen LogP contribution < -0.4 is 10.1 Å². The van der Waals surface area contributed by atoms with Gasteiger partial charge < -0.3 is 19.2 Å². The van der Waals surface area contributed by atoms with Crippen LogP contribution in [0.2, 0.25) is 0 Å². The molecule has 2 rings (SSSR count). The maximum atomic E-state index is 11.6. The van der Waals surface area contributed by atoms with E-state index in [-0.39, 0.29) is 12.3 Å². The second-order valence-electron chi connectivity index (χ2n) is 4.54. The van der Waals surface area contributed by atoms with E-state index in [1.165, 1.54) is 0 Å². The summed E-state index contributed by atoms with van der Waals surface area (Å²) in [6, 6.07) is 7.39. The van der Waals surface area contributed by atoms with Gasteiger partial charge in [0.25, 0.3) is 5.89 Å². The van der Waals surface area contributed by atoms with Crippen LogP contribution in [0.15, 0.2) is 28.7 Å². The van der Waals surface area contributed by atoms with Gasteiger partial charge in [-0.1, -0.05) is 12.1 Å². The molecule has 1 amide bonds. The Balaban J connectivity index is 1.93. The Kier molecular flexibility index (Phi) is 5.91. The summed E-state index contributed by atoms with van der Waals surface area (Å²) in [5.41, 5.74) is 0.730. The highest BCUT2D eigenvalue weighted by Gasteiger charge is 2.13. The predicted molar refractivity (Wildman–Crippen MR) is 79.5 cm³/mol. The van der Waals surface area contributed by atoms with Gasteiger partial charge in [0, 0.05) is 26.5 Å². The van der Waals surface area contributed by atoms with Gasteiger partial charge in [0.1, 0.15) is 5.75 Å². The van der Waals surface area contributed by atoms with E-state index in [9.17, 15) is 4.79 Å². The summed E-state index contributed by atoms with van der Waals surface area (Å²) in [5.74, 6) is 1.39. The van der Waals surface area contributed by atoms with Gasteiger partial charge in [-0.15, -0.1) is 10.2 Å². The minimum absolute atomic E-state index is 0.0749. The summed E-state index contributed by atoms with van der Waals surface area (Å²) < 4.78 is 15.7. The molecule has 0 spiro atoms. The third-order valence-corrected chi connectivity index (χ3v) is 3.00. The summed E-state index contributed by atoms with van der Waals surface area (Å²) in [6.45, 7) is 0.982. The van der Waals surface area contributed by atoms with Crippen LogP contribution in [0.1, 0.15) is 12.3 Å². The summed E-state index contributed by atoms with van der Waals surface area (Å²) in [7, 11) is 3.17. The molecule has 0 aliphatic rings. The highest BCUT2D eigenvalue weighted by molar-refractivity contribution is 5.76. The van der Waals surface area contributed by atoms with Crippen molar-refractivity contribution in [2.24, 2.45) is 0 Å². The minimum atomic E-state index is -0.0749. The number of nitrogens with zero attached hydrogens (tertiary/aromatic N) is 2. The van der Waals surface area contributed by atoms with Crippen molar-refractivity contribution in [3.05, 3.63) is 30.2 Å². The largest absolute Gasteiger partial charge is 0.496 e. The molecule has 1 aromatic heterocycles. The Bertz CT molecular complexity index is 612. The Labute approximate surface area is 128 Å². The van der Waals surface area contributed by atoms with E-state index in [1.807, 2.05) is 24.3 Å². The molecule has 22 heavy (non-hydrogen) atoms. The van der Waals surface area contributed by atoms with Gasteiger partial charge in [0.15, 0.2) is 0 Å². The zero-order chi connectivity index (χ0) is 15.8. The number of carbonyl (C=O) groups is 1. The number of nitrogens with one attached hydrogen (secondary N) is 1. The lowest BCUT2D eigenvalue weighted by molar-refractivity contribution is -0.121. The van der Waals surface area contributed by atoms with Gasteiger partial charge in [-0.25, -0.2) is 0 Å². The summed E-state index contributed by atoms with van der Waals surface area (Å²) in [5, 5.41) is 10.7. The van der Waals surface area contributed by atoms with Crippen LogP contribution in [-0.2, 0) is 16.0 Å². The van der Waals surface area contributed by atoms with Gasteiger partial charge in [-0.3, -0.25) is 4.79 Å². The van der Waals surface area contributed by atoms with Crippen LogP contribution in [0.25, 0.3) is 11.5 Å². The van der Waals surface area contributed by atoms with Crippen molar-refractivity contribution < 1.29 is 18.7 Å². The Morgan fingerprint density at radius 2 is 2.09 bits per heavy atom. The van der Waals surface area contributed by atoms with Crippen LogP contribution in [0.5, 0.6) is 5.75 Å². The molecule has 0 atom stereocenters. The molecule has 0 bridgehead atoms. The van der Waals surface area contributed by atoms with Crippen molar-refractivity contribution in [2.75, 3.05) is 27.4 Å². The fraction of sp³-hybridized carbons (Fsp3) is 0.400. The quantitative estimate of drug-likeness (QED) is 0.743. The number of ether oxygens (including phenoxy) is 2. The SMILES string of the molecule is COCCNC(=O)CCc1nnc(-c2ccccc2OC)o1. The third-order valence-electron chi connectivity index (χ3n) is 3.00. The highest BCUT2D eigenvalue weighted by atomic mass is 16.5. The van der Waals surface area contributed by atoms with Crippen LogP contribution in [-0.4, -0.2) is 43.5 Å². The Hall–Kier alpha value is -2.41. The molecular formula is C15H19N3O4. The molecule has 0 saturated carbocycles. The number of amides is 1. The first-order valence-corrected chi connectivity index (χ1v) is 6.96. The zero-order valence-corrected chi connectivity index (χ0v) is 12.7. The number of carbonyl (C=O) groups excluding carboxylic acids is 1. The maximum Gasteiger partial charge on any atom is 0.251 e. The predicted octanol–water partition coefficient (Wildman–Crippen LogP) is 1.44. The van der Waals surface area contributed by atoms with Crippen molar-refractivity contribution in [1.29, 1.82) is 0 Å². The van der Waals surface area contributed by atoms with Crippen LogP contribution in [0.3, 0.4) is 0 Å². The van der Waals surface area contributed by atoms with E-state index in [1.54, 1.807) is 14.2 Å². The molecule has 0 aliphatic carbocycles. The molecule has 0 unspecified atom stereocenters. The van der Waals surface area contributed by atoms with Crippen molar-refractivity contribution in [3.8, 4) is 17.2 Å². The maximum absolute atomic E-state index is 11.6. The first-order valence-electron chi connectivity index (χ1n) is 6.96. The lowest BCUT2D eigenvalue weighted by Gasteiger charge is -2.03.